The van der Waals surface area contributed by atoms with Crippen LogP contribution in [0.4, 0.5) is 0 Å². The van der Waals surface area contributed by atoms with Crippen molar-refractivity contribution in [2.45, 2.75) is 26.7 Å². The number of terminal acetylenes is 2. The standard InChI is InChI=1S/C6H14O2S.C6H6O2S/c2*1-3-5-9(7,8)6-4-2/h3-6H2,1-2H3;1-2H,5-6H2. The highest BCUT2D eigenvalue weighted by Gasteiger charge is 2.05. The van der Waals surface area contributed by atoms with Crippen molar-refractivity contribution in [2.24, 2.45) is 0 Å². The van der Waals surface area contributed by atoms with Crippen LogP contribution >= 0.6 is 0 Å². The minimum Gasteiger partial charge on any atom is -0.229 e. The monoisotopic (exact) mass is 292 g/mol. The highest BCUT2D eigenvalue weighted by molar-refractivity contribution is 7.91. The van der Waals surface area contributed by atoms with Crippen molar-refractivity contribution >= 4 is 19.7 Å². The molecule has 0 atom stereocenters. The molecule has 0 saturated carbocycles. The summed E-state index contributed by atoms with van der Waals surface area (Å²) in [6.45, 7) is 3.76. The van der Waals surface area contributed by atoms with Gasteiger partial charge < -0.3 is 0 Å². The first-order chi connectivity index (χ1) is 8.24. The quantitative estimate of drug-likeness (QED) is 0.682. The first-order valence-electron chi connectivity index (χ1n) is 5.52. The van der Waals surface area contributed by atoms with E-state index in [9.17, 15) is 16.8 Å². The normalized spacial score (nSPS) is 10.7. The van der Waals surface area contributed by atoms with Crippen LogP contribution in [0.25, 0.3) is 0 Å². The van der Waals surface area contributed by atoms with E-state index >= 15 is 0 Å². The summed E-state index contributed by atoms with van der Waals surface area (Å²) in [6, 6.07) is 0. The molecule has 0 amide bonds. The van der Waals surface area contributed by atoms with Crippen LogP contribution < -0.4 is 0 Å². The SMILES string of the molecule is C#CCS(=O)(=O)CC#C.CCCS(=O)(=O)CCC. The van der Waals surface area contributed by atoms with E-state index in [2.05, 4.69) is 0 Å². The average Bonchev–Trinajstić information content (AvgIpc) is 2.17. The van der Waals surface area contributed by atoms with E-state index in [1.165, 1.54) is 0 Å². The smallest absolute Gasteiger partial charge is 0.172 e. The Morgan fingerprint density at radius 1 is 0.778 bits per heavy atom. The second-order valence-corrected chi connectivity index (χ2v) is 7.96. The molecule has 0 saturated heterocycles. The first kappa shape index (κ1) is 19.4. The van der Waals surface area contributed by atoms with E-state index in [4.69, 9.17) is 12.8 Å². The molecule has 0 fully saturated rings. The fourth-order valence-corrected chi connectivity index (χ4v) is 3.09. The predicted molar refractivity (Wildman–Crippen MR) is 75.6 cm³/mol. The van der Waals surface area contributed by atoms with Crippen LogP contribution in [-0.4, -0.2) is 39.8 Å². The minimum absolute atomic E-state index is 0.267. The summed E-state index contributed by atoms with van der Waals surface area (Å²) in [5, 5.41) is 0. The van der Waals surface area contributed by atoms with Gasteiger partial charge in [0.2, 0.25) is 0 Å². The Balaban J connectivity index is 0. The van der Waals surface area contributed by atoms with Crippen molar-refractivity contribution < 1.29 is 16.8 Å². The molecule has 4 nitrogen and oxygen atoms in total. The number of hydrogen-bond acceptors (Lipinski definition) is 4. The molecule has 0 heterocycles. The summed E-state index contributed by atoms with van der Waals surface area (Å²) in [4.78, 5) is 0. The van der Waals surface area contributed by atoms with Gasteiger partial charge in [-0.3, -0.25) is 0 Å². The highest BCUT2D eigenvalue weighted by atomic mass is 32.2. The van der Waals surface area contributed by atoms with E-state index in [-0.39, 0.29) is 11.5 Å². The van der Waals surface area contributed by atoms with Gasteiger partial charge in [-0.05, 0) is 12.8 Å². The van der Waals surface area contributed by atoms with Gasteiger partial charge in [-0.15, -0.1) is 12.8 Å². The van der Waals surface area contributed by atoms with Crippen molar-refractivity contribution in [3.05, 3.63) is 0 Å². The predicted octanol–water partition coefficient (Wildman–Crippen LogP) is 0.889. The van der Waals surface area contributed by atoms with Gasteiger partial charge >= 0.3 is 0 Å². The number of rotatable bonds is 6. The molecular formula is C12H20O4S2. The maximum Gasteiger partial charge on any atom is 0.172 e. The Bertz CT molecular complexity index is 453. The maximum absolute atomic E-state index is 10.8. The van der Waals surface area contributed by atoms with Gasteiger partial charge in [-0.1, -0.05) is 25.7 Å². The van der Waals surface area contributed by atoms with Crippen LogP contribution in [0, 0.1) is 24.7 Å². The van der Waals surface area contributed by atoms with Crippen LogP contribution in [0.15, 0.2) is 0 Å². The Labute approximate surface area is 111 Å². The molecular weight excluding hydrogens is 272 g/mol. The van der Waals surface area contributed by atoms with Gasteiger partial charge in [-0.2, -0.15) is 0 Å². The largest absolute Gasteiger partial charge is 0.229 e. The molecule has 0 aromatic heterocycles. The van der Waals surface area contributed by atoms with Crippen LogP contribution in [0.2, 0.25) is 0 Å². The van der Waals surface area contributed by atoms with Crippen LogP contribution in [-0.2, 0) is 19.7 Å². The molecule has 0 aliphatic heterocycles. The summed E-state index contributed by atoms with van der Waals surface area (Å²) in [6.07, 6.45) is 11.0. The molecule has 104 valence electrons. The molecule has 0 rings (SSSR count). The van der Waals surface area contributed by atoms with E-state index in [1.54, 1.807) is 0 Å². The summed E-state index contributed by atoms with van der Waals surface area (Å²) < 4.78 is 42.8. The van der Waals surface area contributed by atoms with Crippen molar-refractivity contribution in [1.29, 1.82) is 0 Å². The van der Waals surface area contributed by atoms with E-state index in [0.29, 0.717) is 11.5 Å². The molecule has 18 heavy (non-hydrogen) atoms. The van der Waals surface area contributed by atoms with Gasteiger partial charge in [0.1, 0.15) is 21.3 Å². The van der Waals surface area contributed by atoms with Gasteiger partial charge in [0.25, 0.3) is 0 Å². The maximum atomic E-state index is 10.8. The molecule has 0 N–H and O–H groups in total. The van der Waals surface area contributed by atoms with Crippen molar-refractivity contribution in [3.8, 4) is 24.7 Å². The molecule has 0 aliphatic rings. The topological polar surface area (TPSA) is 68.3 Å². The van der Waals surface area contributed by atoms with Gasteiger partial charge in [0.05, 0.1) is 0 Å². The van der Waals surface area contributed by atoms with E-state index in [1.807, 2.05) is 25.7 Å². The van der Waals surface area contributed by atoms with Crippen LogP contribution in [0.1, 0.15) is 26.7 Å². The second-order valence-electron chi connectivity index (χ2n) is 3.59. The zero-order chi connectivity index (χ0) is 14.7. The third-order valence-corrected chi connectivity index (χ3v) is 4.91. The van der Waals surface area contributed by atoms with E-state index < -0.39 is 19.7 Å². The summed E-state index contributed by atoms with van der Waals surface area (Å²) in [7, 11) is -5.84. The Hall–Kier alpha value is -0.980. The molecule has 0 unspecified atom stereocenters. The lowest BCUT2D eigenvalue weighted by molar-refractivity contribution is 0.593. The zero-order valence-corrected chi connectivity index (χ0v) is 12.5. The molecule has 0 aliphatic carbocycles. The lowest BCUT2D eigenvalue weighted by Gasteiger charge is -1.96. The van der Waals surface area contributed by atoms with E-state index in [0.717, 1.165) is 12.8 Å². The van der Waals surface area contributed by atoms with Crippen molar-refractivity contribution in [1.82, 2.24) is 0 Å². The molecule has 6 heteroatoms. The van der Waals surface area contributed by atoms with Crippen LogP contribution in [0.3, 0.4) is 0 Å². The minimum atomic E-state index is -3.15. The molecule has 0 spiro atoms. The summed E-state index contributed by atoms with van der Waals surface area (Å²) in [5.41, 5.74) is 0. The van der Waals surface area contributed by atoms with Gasteiger partial charge in [0, 0.05) is 11.5 Å². The fourth-order valence-electron chi connectivity index (χ4n) is 1.03. The number of sulfone groups is 2. The molecule has 0 aromatic rings. The molecule has 0 radical (unpaired) electrons. The van der Waals surface area contributed by atoms with Crippen molar-refractivity contribution in [2.75, 3.05) is 23.0 Å². The number of hydrogen-bond donors (Lipinski definition) is 0. The Morgan fingerprint density at radius 2 is 1.11 bits per heavy atom. The third-order valence-electron chi connectivity index (χ3n) is 1.64. The van der Waals surface area contributed by atoms with Crippen LogP contribution in [0.5, 0.6) is 0 Å². The van der Waals surface area contributed by atoms with Gasteiger partial charge in [-0.25, -0.2) is 16.8 Å². The average molecular weight is 292 g/mol. The zero-order valence-electron chi connectivity index (χ0n) is 10.8. The Morgan fingerprint density at radius 3 is 1.33 bits per heavy atom. The summed E-state index contributed by atoms with van der Waals surface area (Å²) >= 11 is 0. The second kappa shape index (κ2) is 9.99. The third kappa shape index (κ3) is 13.1. The van der Waals surface area contributed by atoms with Gasteiger partial charge in [0.15, 0.2) is 9.84 Å². The highest BCUT2D eigenvalue weighted by Crippen LogP contribution is 1.94. The first-order valence-corrected chi connectivity index (χ1v) is 9.16. The lowest BCUT2D eigenvalue weighted by Crippen LogP contribution is -2.08. The van der Waals surface area contributed by atoms with Crippen molar-refractivity contribution in [3.63, 3.8) is 0 Å². The Kier molecular flexibility index (Phi) is 10.7. The lowest BCUT2D eigenvalue weighted by atomic mass is 10.6. The molecule has 0 bridgehead atoms. The molecule has 0 aromatic carbocycles. The summed E-state index contributed by atoms with van der Waals surface area (Å²) in [5.74, 6) is 4.18. The fraction of sp³-hybridized carbons (Fsp3) is 0.667.